The van der Waals surface area contributed by atoms with E-state index in [9.17, 15) is 9.59 Å². The molecule has 0 spiro atoms. The predicted octanol–water partition coefficient (Wildman–Crippen LogP) is 2.74. The molecule has 2 amide bonds. The zero-order chi connectivity index (χ0) is 16.2. The molecule has 3 rings (SSSR count). The molecule has 124 valence electrons. The molecule has 0 unspecified atom stereocenters. The molecule has 0 aromatic heterocycles. The van der Waals surface area contributed by atoms with Crippen LogP contribution in [0.5, 0.6) is 0 Å². The van der Waals surface area contributed by atoms with Gasteiger partial charge < -0.3 is 9.80 Å². The second-order valence-corrected chi connectivity index (χ2v) is 6.86. The monoisotopic (exact) mass is 334 g/mol. The minimum atomic E-state index is 0.0936. The summed E-state index contributed by atoms with van der Waals surface area (Å²) in [5, 5.41) is 0.637. The molecule has 4 nitrogen and oxygen atoms in total. The molecule has 23 heavy (non-hydrogen) atoms. The lowest BCUT2D eigenvalue weighted by atomic mass is 9.84. The van der Waals surface area contributed by atoms with Crippen LogP contribution < -0.4 is 0 Å². The van der Waals surface area contributed by atoms with Crippen molar-refractivity contribution in [3.63, 3.8) is 0 Å². The first kappa shape index (κ1) is 16.3. The van der Waals surface area contributed by atoms with E-state index in [4.69, 9.17) is 11.6 Å². The fourth-order valence-electron chi connectivity index (χ4n) is 3.22. The van der Waals surface area contributed by atoms with Crippen LogP contribution in [0, 0.1) is 5.92 Å². The highest BCUT2D eigenvalue weighted by Gasteiger charge is 2.30. The van der Waals surface area contributed by atoms with Gasteiger partial charge in [-0.25, -0.2) is 0 Å². The quantitative estimate of drug-likeness (QED) is 0.852. The Morgan fingerprint density at radius 1 is 1.00 bits per heavy atom. The molecule has 1 heterocycles. The topological polar surface area (TPSA) is 40.6 Å². The van der Waals surface area contributed by atoms with Crippen LogP contribution in [-0.4, -0.2) is 47.8 Å². The lowest BCUT2D eigenvalue weighted by molar-refractivity contribution is -0.138. The second kappa shape index (κ2) is 7.35. The molecule has 2 fully saturated rings. The molecule has 2 aliphatic rings. The first-order valence-electron chi connectivity index (χ1n) is 8.45. The number of carbonyl (C=O) groups excluding carboxylic acids is 2. The van der Waals surface area contributed by atoms with E-state index in [-0.39, 0.29) is 17.7 Å². The van der Waals surface area contributed by atoms with Crippen molar-refractivity contribution in [2.75, 3.05) is 26.2 Å². The summed E-state index contributed by atoms with van der Waals surface area (Å²) in [5.74, 6) is 0.619. The highest BCUT2D eigenvalue weighted by atomic mass is 35.5. The van der Waals surface area contributed by atoms with Gasteiger partial charge in [0, 0.05) is 37.1 Å². The minimum absolute atomic E-state index is 0.0936. The summed E-state index contributed by atoms with van der Waals surface area (Å²) in [4.78, 5) is 28.7. The van der Waals surface area contributed by atoms with Gasteiger partial charge in [0.2, 0.25) is 11.8 Å². The Morgan fingerprint density at radius 2 is 1.70 bits per heavy atom. The van der Waals surface area contributed by atoms with E-state index in [1.165, 1.54) is 6.42 Å². The van der Waals surface area contributed by atoms with E-state index in [0.29, 0.717) is 24.5 Å². The summed E-state index contributed by atoms with van der Waals surface area (Å²) in [6.45, 7) is 2.77. The molecule has 0 atom stereocenters. The van der Waals surface area contributed by atoms with E-state index >= 15 is 0 Å². The van der Waals surface area contributed by atoms with Crippen molar-refractivity contribution in [3.05, 3.63) is 34.9 Å². The maximum Gasteiger partial charge on any atom is 0.227 e. The van der Waals surface area contributed by atoms with Crippen LogP contribution in [0.2, 0.25) is 5.02 Å². The Kier molecular flexibility index (Phi) is 5.21. The predicted molar refractivity (Wildman–Crippen MR) is 90.3 cm³/mol. The van der Waals surface area contributed by atoms with Crippen LogP contribution in [0.1, 0.15) is 31.2 Å². The number of halogens is 1. The van der Waals surface area contributed by atoms with Crippen LogP contribution >= 0.6 is 11.6 Å². The first-order valence-corrected chi connectivity index (χ1v) is 8.83. The van der Waals surface area contributed by atoms with Crippen molar-refractivity contribution in [2.45, 2.75) is 32.1 Å². The second-order valence-electron chi connectivity index (χ2n) is 6.46. The maximum atomic E-state index is 12.5. The largest absolute Gasteiger partial charge is 0.341 e. The minimum Gasteiger partial charge on any atom is -0.341 e. The number of benzene rings is 1. The molecule has 1 saturated carbocycles. The van der Waals surface area contributed by atoms with Gasteiger partial charge in [0.25, 0.3) is 0 Å². The lowest BCUT2D eigenvalue weighted by Gasteiger charge is -2.31. The molecule has 0 N–H and O–H groups in total. The van der Waals surface area contributed by atoms with E-state index in [2.05, 4.69) is 0 Å². The molecular formula is C18H23ClN2O2. The third-order valence-corrected chi connectivity index (χ3v) is 5.28. The zero-order valence-corrected chi connectivity index (χ0v) is 14.1. The molecule has 1 saturated heterocycles. The summed E-state index contributed by atoms with van der Waals surface area (Å²) in [7, 11) is 0. The lowest BCUT2D eigenvalue weighted by Crippen LogP contribution is -2.41. The highest BCUT2D eigenvalue weighted by molar-refractivity contribution is 6.31. The molecule has 5 heteroatoms. The van der Waals surface area contributed by atoms with Gasteiger partial charge in [-0.2, -0.15) is 0 Å². The fraction of sp³-hybridized carbons (Fsp3) is 0.556. The van der Waals surface area contributed by atoms with Gasteiger partial charge >= 0.3 is 0 Å². The average molecular weight is 335 g/mol. The van der Waals surface area contributed by atoms with E-state index < -0.39 is 0 Å². The third kappa shape index (κ3) is 3.86. The molecule has 0 radical (unpaired) electrons. The number of rotatable bonds is 3. The van der Waals surface area contributed by atoms with Crippen LogP contribution in [0.15, 0.2) is 24.3 Å². The zero-order valence-electron chi connectivity index (χ0n) is 13.3. The van der Waals surface area contributed by atoms with Crippen LogP contribution in [0.3, 0.4) is 0 Å². The van der Waals surface area contributed by atoms with E-state index in [0.717, 1.165) is 37.9 Å². The summed E-state index contributed by atoms with van der Waals surface area (Å²) in [5.41, 5.74) is 0.866. The number of amides is 2. The summed E-state index contributed by atoms with van der Waals surface area (Å²) < 4.78 is 0. The van der Waals surface area contributed by atoms with Crippen LogP contribution in [0.25, 0.3) is 0 Å². The Bertz CT molecular complexity index is 586. The molecule has 1 aromatic carbocycles. The Morgan fingerprint density at radius 3 is 2.39 bits per heavy atom. The van der Waals surface area contributed by atoms with Gasteiger partial charge in [-0.1, -0.05) is 36.2 Å². The van der Waals surface area contributed by atoms with Gasteiger partial charge in [0.15, 0.2) is 0 Å². The number of carbonyl (C=O) groups is 2. The van der Waals surface area contributed by atoms with Crippen LogP contribution in [-0.2, 0) is 16.0 Å². The Labute approximate surface area is 142 Å². The summed E-state index contributed by atoms with van der Waals surface area (Å²) >= 11 is 6.14. The first-order chi connectivity index (χ1) is 11.1. The number of nitrogens with zero attached hydrogens (tertiary/aromatic N) is 2. The van der Waals surface area contributed by atoms with Crippen molar-refractivity contribution < 1.29 is 9.59 Å². The van der Waals surface area contributed by atoms with Gasteiger partial charge in [-0.15, -0.1) is 0 Å². The van der Waals surface area contributed by atoms with E-state index in [1.54, 1.807) is 0 Å². The summed E-state index contributed by atoms with van der Waals surface area (Å²) in [6, 6.07) is 7.47. The Balaban J connectivity index is 1.56. The highest BCUT2D eigenvalue weighted by Crippen LogP contribution is 2.28. The summed E-state index contributed by atoms with van der Waals surface area (Å²) in [6.07, 6.45) is 4.42. The van der Waals surface area contributed by atoms with Gasteiger partial charge in [0.1, 0.15) is 0 Å². The van der Waals surface area contributed by atoms with Crippen molar-refractivity contribution in [1.82, 2.24) is 9.80 Å². The van der Waals surface area contributed by atoms with Gasteiger partial charge in [0.05, 0.1) is 6.42 Å². The van der Waals surface area contributed by atoms with Gasteiger partial charge in [-0.05, 0) is 30.9 Å². The fourth-order valence-corrected chi connectivity index (χ4v) is 3.42. The number of hydrogen-bond acceptors (Lipinski definition) is 2. The van der Waals surface area contributed by atoms with Crippen LogP contribution in [0.4, 0.5) is 0 Å². The SMILES string of the molecule is O=C(Cc1ccccc1Cl)N1CCCN(C(=O)C2CCC2)CC1. The number of hydrogen-bond donors (Lipinski definition) is 0. The molecule has 1 aromatic rings. The van der Waals surface area contributed by atoms with Crippen molar-refractivity contribution >= 4 is 23.4 Å². The molecule has 1 aliphatic carbocycles. The molecular weight excluding hydrogens is 312 g/mol. The molecule has 1 aliphatic heterocycles. The maximum absolute atomic E-state index is 12.5. The average Bonchev–Trinajstić information content (AvgIpc) is 2.74. The van der Waals surface area contributed by atoms with Crippen molar-refractivity contribution in [1.29, 1.82) is 0 Å². The van der Waals surface area contributed by atoms with Crippen molar-refractivity contribution in [2.24, 2.45) is 5.92 Å². The van der Waals surface area contributed by atoms with Gasteiger partial charge in [-0.3, -0.25) is 9.59 Å². The van der Waals surface area contributed by atoms with E-state index in [1.807, 2.05) is 34.1 Å². The molecule has 0 bridgehead atoms. The van der Waals surface area contributed by atoms with Crippen molar-refractivity contribution in [3.8, 4) is 0 Å². The normalized spacial score (nSPS) is 19.2. The Hall–Kier alpha value is -1.55. The third-order valence-electron chi connectivity index (χ3n) is 4.91. The standard InChI is InChI=1S/C18H23ClN2O2/c19-16-8-2-1-5-15(16)13-17(22)20-9-4-10-21(12-11-20)18(23)14-6-3-7-14/h1-2,5,8,14H,3-4,6-7,9-13H2. The smallest absolute Gasteiger partial charge is 0.227 e.